The zero-order valence-electron chi connectivity index (χ0n) is 11.3. The number of ether oxygens (including phenoxy) is 1. The first-order valence-corrected chi connectivity index (χ1v) is 7.91. The molecule has 0 bridgehead atoms. The molecule has 19 heavy (non-hydrogen) atoms. The van der Waals surface area contributed by atoms with Gasteiger partial charge in [0.1, 0.15) is 11.6 Å². The highest BCUT2D eigenvalue weighted by molar-refractivity contribution is 9.10. The molecular formula is C14H20BrN3O. The molecule has 1 aliphatic heterocycles. The highest BCUT2D eigenvalue weighted by Gasteiger charge is 2.27. The van der Waals surface area contributed by atoms with E-state index in [0.717, 1.165) is 35.7 Å². The molecule has 1 aromatic rings. The van der Waals surface area contributed by atoms with Gasteiger partial charge in [-0.1, -0.05) is 12.8 Å². The van der Waals surface area contributed by atoms with Crippen LogP contribution in [0.4, 0.5) is 5.82 Å². The fraction of sp³-hybridized carbons (Fsp3) is 0.714. The summed E-state index contributed by atoms with van der Waals surface area (Å²) in [5.74, 6) is 2.82. The number of hydrogen-bond donors (Lipinski definition) is 1. The van der Waals surface area contributed by atoms with Crippen molar-refractivity contribution < 1.29 is 4.74 Å². The normalized spacial score (nSPS) is 24.0. The van der Waals surface area contributed by atoms with E-state index in [4.69, 9.17) is 9.72 Å². The summed E-state index contributed by atoms with van der Waals surface area (Å²) in [5, 5.41) is 3.18. The van der Waals surface area contributed by atoms with Crippen molar-refractivity contribution in [2.45, 2.75) is 43.9 Å². The highest BCUT2D eigenvalue weighted by Crippen LogP contribution is 2.39. The van der Waals surface area contributed by atoms with E-state index in [0.29, 0.717) is 11.8 Å². The van der Waals surface area contributed by atoms with Gasteiger partial charge in [0.15, 0.2) is 0 Å². The van der Waals surface area contributed by atoms with Crippen LogP contribution >= 0.6 is 15.9 Å². The van der Waals surface area contributed by atoms with E-state index >= 15 is 0 Å². The Morgan fingerprint density at radius 1 is 1.16 bits per heavy atom. The molecule has 1 aromatic heterocycles. The van der Waals surface area contributed by atoms with Crippen molar-refractivity contribution in [1.29, 1.82) is 0 Å². The van der Waals surface area contributed by atoms with Gasteiger partial charge in [-0.25, -0.2) is 9.97 Å². The quantitative estimate of drug-likeness (QED) is 0.924. The van der Waals surface area contributed by atoms with Crippen LogP contribution in [-0.2, 0) is 4.74 Å². The van der Waals surface area contributed by atoms with Crippen molar-refractivity contribution >= 4 is 21.7 Å². The maximum atomic E-state index is 5.47. The fourth-order valence-corrected chi connectivity index (χ4v) is 3.74. The van der Waals surface area contributed by atoms with Crippen LogP contribution in [0.2, 0.25) is 0 Å². The number of rotatable bonds is 3. The fourth-order valence-electron chi connectivity index (χ4n) is 3.04. The Hall–Kier alpha value is -0.680. The lowest BCUT2D eigenvalue weighted by Gasteiger charge is -2.17. The molecule has 3 rings (SSSR count). The predicted octanol–water partition coefficient (Wildman–Crippen LogP) is 3.44. The topological polar surface area (TPSA) is 47.0 Å². The first-order valence-electron chi connectivity index (χ1n) is 7.12. The van der Waals surface area contributed by atoms with Gasteiger partial charge in [-0.05, 0) is 35.2 Å². The van der Waals surface area contributed by atoms with Crippen LogP contribution in [0.25, 0.3) is 0 Å². The maximum absolute atomic E-state index is 5.47. The number of nitrogens with one attached hydrogen (secondary N) is 1. The maximum Gasteiger partial charge on any atom is 0.144 e. The molecule has 0 amide bonds. The summed E-state index contributed by atoms with van der Waals surface area (Å²) in [6.45, 7) is 1.59. The Morgan fingerprint density at radius 2 is 1.95 bits per heavy atom. The zero-order chi connectivity index (χ0) is 13.2. The molecule has 2 fully saturated rings. The molecular weight excluding hydrogens is 306 g/mol. The van der Waals surface area contributed by atoms with Crippen molar-refractivity contribution in [2.75, 3.05) is 25.6 Å². The summed E-state index contributed by atoms with van der Waals surface area (Å²) >= 11 is 3.68. The Bertz CT molecular complexity index is 454. The van der Waals surface area contributed by atoms with Crippen molar-refractivity contribution in [3.05, 3.63) is 16.0 Å². The monoisotopic (exact) mass is 325 g/mol. The lowest BCUT2D eigenvalue weighted by Crippen LogP contribution is -2.11. The third kappa shape index (κ3) is 2.63. The van der Waals surface area contributed by atoms with Gasteiger partial charge < -0.3 is 10.1 Å². The molecule has 2 heterocycles. The molecule has 1 saturated carbocycles. The standard InChI is InChI=1S/C14H20BrN3O/c1-16-14-11(15)12(9-4-2-3-5-9)17-13(18-14)10-6-7-19-8-10/h9-10H,2-8H2,1H3,(H,16,17,18). The third-order valence-corrected chi connectivity index (χ3v) is 4.95. The van der Waals surface area contributed by atoms with Crippen LogP contribution in [0, 0.1) is 0 Å². The van der Waals surface area contributed by atoms with Crippen LogP contribution in [0.15, 0.2) is 4.47 Å². The summed E-state index contributed by atoms with van der Waals surface area (Å²) < 4.78 is 6.51. The molecule has 1 saturated heterocycles. The summed E-state index contributed by atoms with van der Waals surface area (Å²) in [5.41, 5.74) is 1.19. The molecule has 1 atom stereocenters. The average Bonchev–Trinajstić information content (AvgIpc) is 3.12. The molecule has 0 spiro atoms. The Morgan fingerprint density at radius 3 is 2.58 bits per heavy atom. The van der Waals surface area contributed by atoms with Crippen molar-refractivity contribution in [3.63, 3.8) is 0 Å². The van der Waals surface area contributed by atoms with Gasteiger partial charge in [0.05, 0.1) is 16.8 Å². The van der Waals surface area contributed by atoms with Gasteiger partial charge >= 0.3 is 0 Å². The van der Waals surface area contributed by atoms with Crippen molar-refractivity contribution in [2.24, 2.45) is 0 Å². The van der Waals surface area contributed by atoms with E-state index in [-0.39, 0.29) is 0 Å². The second-order valence-electron chi connectivity index (χ2n) is 5.42. The Kier molecular flexibility index (Phi) is 4.03. The number of aromatic nitrogens is 2. The number of hydrogen-bond acceptors (Lipinski definition) is 4. The van der Waals surface area contributed by atoms with Crippen LogP contribution in [0.5, 0.6) is 0 Å². The minimum atomic E-state index is 0.361. The predicted molar refractivity (Wildman–Crippen MR) is 78.7 cm³/mol. The van der Waals surface area contributed by atoms with Gasteiger partial charge in [0, 0.05) is 25.5 Å². The third-order valence-electron chi connectivity index (χ3n) is 4.17. The molecule has 2 aliphatic rings. The number of anilines is 1. The summed E-state index contributed by atoms with van der Waals surface area (Å²) in [6, 6.07) is 0. The van der Waals surface area contributed by atoms with Crippen LogP contribution < -0.4 is 5.32 Å². The van der Waals surface area contributed by atoms with E-state index in [2.05, 4.69) is 26.2 Å². The van der Waals surface area contributed by atoms with E-state index < -0.39 is 0 Å². The molecule has 4 nitrogen and oxygen atoms in total. The number of nitrogens with zero attached hydrogens (tertiary/aromatic N) is 2. The summed E-state index contributed by atoms with van der Waals surface area (Å²) in [6.07, 6.45) is 6.17. The minimum absolute atomic E-state index is 0.361. The van der Waals surface area contributed by atoms with Gasteiger partial charge in [0.2, 0.25) is 0 Å². The molecule has 0 aromatic carbocycles. The van der Waals surface area contributed by atoms with E-state index in [1.807, 2.05) is 7.05 Å². The van der Waals surface area contributed by atoms with E-state index in [1.54, 1.807) is 0 Å². The minimum Gasteiger partial charge on any atom is -0.381 e. The summed E-state index contributed by atoms with van der Waals surface area (Å²) in [7, 11) is 1.92. The molecule has 1 aliphatic carbocycles. The van der Waals surface area contributed by atoms with Crippen LogP contribution in [0.3, 0.4) is 0 Å². The summed E-state index contributed by atoms with van der Waals surface area (Å²) in [4.78, 5) is 9.52. The lowest BCUT2D eigenvalue weighted by molar-refractivity contribution is 0.193. The SMILES string of the molecule is CNc1nc(C2CCOC2)nc(C2CCCC2)c1Br. The van der Waals surface area contributed by atoms with Crippen molar-refractivity contribution in [3.8, 4) is 0 Å². The van der Waals surface area contributed by atoms with Crippen LogP contribution in [-0.4, -0.2) is 30.2 Å². The smallest absolute Gasteiger partial charge is 0.144 e. The first kappa shape index (κ1) is 13.3. The number of halogens is 1. The van der Waals surface area contributed by atoms with Crippen LogP contribution in [0.1, 0.15) is 55.5 Å². The van der Waals surface area contributed by atoms with Gasteiger partial charge in [-0.2, -0.15) is 0 Å². The van der Waals surface area contributed by atoms with Gasteiger partial charge in [-0.15, -0.1) is 0 Å². The lowest BCUT2D eigenvalue weighted by atomic mass is 10.0. The molecule has 5 heteroatoms. The molecule has 104 valence electrons. The Labute approximate surface area is 122 Å². The average molecular weight is 326 g/mol. The zero-order valence-corrected chi connectivity index (χ0v) is 12.9. The second kappa shape index (κ2) is 5.75. The van der Waals surface area contributed by atoms with Crippen molar-refractivity contribution in [1.82, 2.24) is 9.97 Å². The molecule has 1 N–H and O–H groups in total. The molecule has 1 unspecified atom stereocenters. The second-order valence-corrected chi connectivity index (χ2v) is 6.21. The van der Waals surface area contributed by atoms with E-state index in [1.165, 1.54) is 31.4 Å². The Balaban J connectivity index is 1.98. The molecule has 0 radical (unpaired) electrons. The van der Waals surface area contributed by atoms with Gasteiger partial charge in [0.25, 0.3) is 0 Å². The largest absolute Gasteiger partial charge is 0.381 e. The van der Waals surface area contributed by atoms with E-state index in [9.17, 15) is 0 Å². The van der Waals surface area contributed by atoms with Gasteiger partial charge in [-0.3, -0.25) is 0 Å². The first-order chi connectivity index (χ1) is 9.29. The highest BCUT2D eigenvalue weighted by atomic mass is 79.9.